The Morgan fingerprint density at radius 1 is 1.17 bits per heavy atom. The third-order valence-electron chi connectivity index (χ3n) is 5.70. The van der Waals surface area contributed by atoms with Crippen LogP contribution in [0.5, 0.6) is 0 Å². The van der Waals surface area contributed by atoms with Crippen LogP contribution in [-0.4, -0.2) is 79.5 Å². The van der Waals surface area contributed by atoms with E-state index in [9.17, 15) is 14.7 Å². The number of aliphatic hydroxyl groups is 1. The van der Waals surface area contributed by atoms with Crippen LogP contribution in [0, 0.1) is 0 Å². The van der Waals surface area contributed by atoms with Gasteiger partial charge in [-0.25, -0.2) is 0 Å². The highest BCUT2D eigenvalue weighted by Gasteiger charge is 2.33. The summed E-state index contributed by atoms with van der Waals surface area (Å²) in [6, 6.07) is 9.47. The molecule has 30 heavy (non-hydrogen) atoms. The van der Waals surface area contributed by atoms with E-state index in [0.717, 1.165) is 18.7 Å². The molecule has 0 saturated carbocycles. The third-order valence-corrected chi connectivity index (χ3v) is 5.70. The number of benzene rings is 1. The minimum Gasteiger partial charge on any atom is -0.394 e. The maximum atomic E-state index is 12.4. The Kier molecular flexibility index (Phi) is 8.62. The summed E-state index contributed by atoms with van der Waals surface area (Å²) in [4.78, 5) is 26.8. The topological polar surface area (TPSA) is 100 Å². The molecular weight excluding hydrogens is 386 g/mol. The minimum atomic E-state index is -0.503. The Labute approximate surface area is 177 Å². The molecule has 2 aliphatic heterocycles. The summed E-state index contributed by atoms with van der Waals surface area (Å²) >= 11 is 0. The number of carbonyl (C=O) groups excluding carboxylic acids is 2. The van der Waals surface area contributed by atoms with Crippen molar-refractivity contribution in [2.75, 3.05) is 39.5 Å². The van der Waals surface area contributed by atoms with Crippen LogP contribution in [0.25, 0.3) is 0 Å². The predicted molar refractivity (Wildman–Crippen MR) is 112 cm³/mol. The molecule has 3 N–H and O–H groups in total. The molecule has 4 atom stereocenters. The summed E-state index contributed by atoms with van der Waals surface area (Å²) in [5.41, 5.74) is 1.05. The summed E-state index contributed by atoms with van der Waals surface area (Å²) in [5, 5.41) is 15.7. The molecule has 8 heteroatoms. The van der Waals surface area contributed by atoms with E-state index < -0.39 is 6.10 Å². The molecule has 0 bridgehead atoms. The average molecular weight is 420 g/mol. The highest BCUT2D eigenvalue weighted by Crippen LogP contribution is 2.22. The summed E-state index contributed by atoms with van der Waals surface area (Å²) < 4.78 is 11.2. The number of amides is 2. The summed E-state index contributed by atoms with van der Waals surface area (Å²) in [5.74, 6) is -0.153. The van der Waals surface area contributed by atoms with E-state index in [4.69, 9.17) is 9.47 Å². The van der Waals surface area contributed by atoms with Crippen molar-refractivity contribution >= 4 is 11.8 Å². The van der Waals surface area contributed by atoms with Crippen molar-refractivity contribution < 1.29 is 24.2 Å². The molecule has 166 valence electrons. The molecule has 2 saturated heterocycles. The third kappa shape index (κ3) is 6.77. The standard InChI is InChI=1S/C22H33N3O5/c1-16(17-5-3-2-4-6-17)23-21(27)13-18-7-8-19(20(15-26)30-18)24-22(28)14-25-9-11-29-12-10-25/h2-6,16,18-20,26H,7-15H2,1H3,(H,23,27)(H,24,28). The van der Waals surface area contributed by atoms with E-state index in [1.165, 1.54) is 0 Å². The fourth-order valence-corrected chi connectivity index (χ4v) is 3.99. The monoisotopic (exact) mass is 419 g/mol. The zero-order valence-electron chi connectivity index (χ0n) is 17.6. The van der Waals surface area contributed by atoms with Crippen LogP contribution in [0.2, 0.25) is 0 Å². The highest BCUT2D eigenvalue weighted by atomic mass is 16.5. The molecule has 0 aliphatic carbocycles. The SMILES string of the molecule is CC(NC(=O)CC1CCC(NC(=O)CN2CCOCC2)C(CO)O1)c1ccccc1. The van der Waals surface area contributed by atoms with Gasteiger partial charge in [-0.05, 0) is 25.3 Å². The summed E-state index contributed by atoms with van der Waals surface area (Å²) in [6.07, 6.45) is 0.801. The van der Waals surface area contributed by atoms with Gasteiger partial charge in [0, 0.05) is 13.1 Å². The number of morpholine rings is 1. The summed E-state index contributed by atoms with van der Waals surface area (Å²) in [7, 11) is 0. The van der Waals surface area contributed by atoms with Gasteiger partial charge in [-0.1, -0.05) is 30.3 Å². The number of ether oxygens (including phenoxy) is 2. The van der Waals surface area contributed by atoms with Crippen LogP contribution in [0.4, 0.5) is 0 Å². The van der Waals surface area contributed by atoms with Gasteiger partial charge in [0.25, 0.3) is 0 Å². The lowest BCUT2D eigenvalue weighted by molar-refractivity contribution is -0.137. The first-order chi connectivity index (χ1) is 14.5. The first-order valence-corrected chi connectivity index (χ1v) is 10.7. The molecule has 2 heterocycles. The molecule has 8 nitrogen and oxygen atoms in total. The van der Waals surface area contributed by atoms with Crippen molar-refractivity contribution in [1.82, 2.24) is 15.5 Å². The van der Waals surface area contributed by atoms with Crippen molar-refractivity contribution in [1.29, 1.82) is 0 Å². The van der Waals surface area contributed by atoms with Gasteiger partial charge in [0.05, 0.1) is 51.0 Å². The Balaban J connectivity index is 1.43. The van der Waals surface area contributed by atoms with Gasteiger partial charge in [-0.15, -0.1) is 0 Å². The first kappa shape index (κ1) is 22.7. The number of hydrogen-bond acceptors (Lipinski definition) is 6. The van der Waals surface area contributed by atoms with E-state index in [1.54, 1.807) is 0 Å². The lowest BCUT2D eigenvalue weighted by atomic mass is 9.96. The average Bonchev–Trinajstić information content (AvgIpc) is 2.76. The van der Waals surface area contributed by atoms with Crippen LogP contribution >= 0.6 is 0 Å². The highest BCUT2D eigenvalue weighted by molar-refractivity contribution is 5.78. The van der Waals surface area contributed by atoms with E-state index in [2.05, 4.69) is 15.5 Å². The first-order valence-electron chi connectivity index (χ1n) is 10.7. The van der Waals surface area contributed by atoms with Gasteiger partial charge in [0.2, 0.25) is 11.8 Å². The molecule has 2 fully saturated rings. The number of aliphatic hydroxyl groups excluding tert-OH is 1. The zero-order valence-corrected chi connectivity index (χ0v) is 17.6. The number of rotatable bonds is 8. The molecule has 0 radical (unpaired) electrons. The van der Waals surface area contributed by atoms with E-state index in [0.29, 0.717) is 32.6 Å². The normalized spacial score (nSPS) is 26.0. The Hall–Kier alpha value is -2.00. The van der Waals surface area contributed by atoms with Crippen molar-refractivity contribution in [3.63, 3.8) is 0 Å². The molecule has 2 amide bonds. The molecule has 3 rings (SSSR count). The maximum Gasteiger partial charge on any atom is 0.234 e. The maximum absolute atomic E-state index is 12.4. The fourth-order valence-electron chi connectivity index (χ4n) is 3.99. The van der Waals surface area contributed by atoms with Crippen molar-refractivity contribution in [3.8, 4) is 0 Å². The predicted octanol–water partition coefficient (Wildman–Crippen LogP) is 0.611. The molecule has 0 aromatic heterocycles. The Morgan fingerprint density at radius 3 is 2.60 bits per heavy atom. The zero-order chi connectivity index (χ0) is 21.3. The molecule has 1 aromatic rings. The van der Waals surface area contributed by atoms with Gasteiger partial charge >= 0.3 is 0 Å². The number of carbonyl (C=O) groups is 2. The summed E-state index contributed by atoms with van der Waals surface area (Å²) in [6.45, 7) is 4.86. The quantitative estimate of drug-likeness (QED) is 0.571. The smallest absolute Gasteiger partial charge is 0.234 e. The molecule has 4 unspecified atom stereocenters. The fraction of sp³-hybridized carbons (Fsp3) is 0.636. The van der Waals surface area contributed by atoms with Gasteiger partial charge < -0.3 is 25.2 Å². The van der Waals surface area contributed by atoms with Crippen molar-refractivity contribution in [3.05, 3.63) is 35.9 Å². The van der Waals surface area contributed by atoms with Crippen molar-refractivity contribution in [2.24, 2.45) is 0 Å². The van der Waals surface area contributed by atoms with Gasteiger partial charge in [0.15, 0.2) is 0 Å². The molecule has 0 spiro atoms. The van der Waals surface area contributed by atoms with Crippen LogP contribution in [-0.2, 0) is 19.1 Å². The van der Waals surface area contributed by atoms with Gasteiger partial charge in [-0.3, -0.25) is 14.5 Å². The van der Waals surface area contributed by atoms with Crippen LogP contribution < -0.4 is 10.6 Å². The van der Waals surface area contributed by atoms with E-state index in [-0.39, 0.29) is 43.0 Å². The molecular formula is C22H33N3O5. The largest absolute Gasteiger partial charge is 0.394 e. The number of nitrogens with one attached hydrogen (secondary N) is 2. The minimum absolute atomic E-state index is 0.0724. The molecule has 1 aromatic carbocycles. The second-order valence-electron chi connectivity index (χ2n) is 8.02. The van der Waals surface area contributed by atoms with Crippen LogP contribution in [0.1, 0.15) is 37.8 Å². The second kappa shape index (κ2) is 11.4. The van der Waals surface area contributed by atoms with Crippen LogP contribution in [0.15, 0.2) is 30.3 Å². The Bertz CT molecular complexity index is 681. The Morgan fingerprint density at radius 2 is 1.90 bits per heavy atom. The second-order valence-corrected chi connectivity index (χ2v) is 8.02. The lowest BCUT2D eigenvalue weighted by Gasteiger charge is -2.36. The van der Waals surface area contributed by atoms with Gasteiger partial charge in [0.1, 0.15) is 6.10 Å². The van der Waals surface area contributed by atoms with E-state index >= 15 is 0 Å². The lowest BCUT2D eigenvalue weighted by Crippen LogP contribution is -2.53. The number of nitrogens with zero attached hydrogens (tertiary/aromatic N) is 1. The van der Waals surface area contributed by atoms with Gasteiger partial charge in [-0.2, -0.15) is 0 Å². The van der Waals surface area contributed by atoms with E-state index in [1.807, 2.05) is 37.3 Å². The number of hydrogen-bond donors (Lipinski definition) is 3. The van der Waals surface area contributed by atoms with Crippen molar-refractivity contribution in [2.45, 2.75) is 50.5 Å². The van der Waals surface area contributed by atoms with Crippen LogP contribution in [0.3, 0.4) is 0 Å². The molecule has 2 aliphatic rings.